The van der Waals surface area contributed by atoms with E-state index in [1.165, 1.54) is 4.90 Å². The average Bonchev–Trinajstić information content (AvgIpc) is 1.79. The minimum atomic E-state index is -0.997. The van der Waals surface area contributed by atoms with Crippen molar-refractivity contribution in [2.75, 3.05) is 6.54 Å². The molecule has 0 aliphatic rings. The smallest absolute Gasteiger partial charge is 0.407 e. The molecule has 0 aromatic rings. The molecular weight excluding hydrogens is 158 g/mol. The minimum absolute atomic E-state index is 0.152. The molecule has 0 aliphatic heterocycles. The highest BCUT2D eigenvalue weighted by Gasteiger charge is 2.26. The van der Waals surface area contributed by atoms with Crippen LogP contribution in [0.1, 0.15) is 27.7 Å². The van der Waals surface area contributed by atoms with Crippen LogP contribution < -0.4 is 0 Å². The number of carboxylic acid groups (broad SMARTS) is 1. The van der Waals surface area contributed by atoms with Gasteiger partial charge in [-0.3, -0.25) is 0 Å². The van der Waals surface area contributed by atoms with Gasteiger partial charge in [0.15, 0.2) is 0 Å². The number of carbonyl (C=O) groups is 1. The molecule has 0 rings (SSSR count). The molecule has 0 spiro atoms. The van der Waals surface area contributed by atoms with Crippen LogP contribution in [0.25, 0.3) is 0 Å². The van der Waals surface area contributed by atoms with Gasteiger partial charge in [0.05, 0.1) is 12.6 Å². The SMILES string of the molecule is C[C@@H](O)CN(C(=O)O)C(C)(C)C. The lowest BCUT2D eigenvalue weighted by molar-refractivity contribution is 0.0621. The number of amides is 1. The van der Waals surface area contributed by atoms with E-state index < -0.39 is 17.7 Å². The summed E-state index contributed by atoms with van der Waals surface area (Å²) in [4.78, 5) is 11.9. The van der Waals surface area contributed by atoms with Crippen LogP contribution in [0.4, 0.5) is 4.79 Å². The number of hydrogen-bond acceptors (Lipinski definition) is 2. The fraction of sp³-hybridized carbons (Fsp3) is 0.875. The number of hydrogen-bond donors (Lipinski definition) is 2. The molecule has 72 valence electrons. The van der Waals surface area contributed by atoms with Crippen LogP contribution in [-0.4, -0.2) is 39.4 Å². The fourth-order valence-electron chi connectivity index (χ4n) is 0.903. The van der Waals surface area contributed by atoms with Crippen molar-refractivity contribution in [3.05, 3.63) is 0 Å². The molecule has 0 aromatic carbocycles. The maximum atomic E-state index is 10.7. The van der Waals surface area contributed by atoms with Crippen LogP contribution in [-0.2, 0) is 0 Å². The Hall–Kier alpha value is -0.770. The van der Waals surface area contributed by atoms with Crippen LogP contribution >= 0.6 is 0 Å². The third kappa shape index (κ3) is 3.57. The monoisotopic (exact) mass is 175 g/mol. The highest BCUT2D eigenvalue weighted by Crippen LogP contribution is 2.13. The summed E-state index contributed by atoms with van der Waals surface area (Å²) < 4.78 is 0. The van der Waals surface area contributed by atoms with E-state index in [0.717, 1.165) is 0 Å². The number of aliphatic hydroxyl groups excluding tert-OH is 1. The van der Waals surface area contributed by atoms with Crippen molar-refractivity contribution in [3.8, 4) is 0 Å². The van der Waals surface area contributed by atoms with Gasteiger partial charge in [-0.05, 0) is 27.7 Å². The topological polar surface area (TPSA) is 60.8 Å². The first kappa shape index (κ1) is 11.2. The molecule has 0 aliphatic carbocycles. The van der Waals surface area contributed by atoms with Crippen molar-refractivity contribution >= 4 is 6.09 Å². The Kier molecular flexibility index (Phi) is 3.52. The summed E-state index contributed by atoms with van der Waals surface area (Å²) in [5.74, 6) is 0. The van der Waals surface area contributed by atoms with Gasteiger partial charge >= 0.3 is 6.09 Å². The van der Waals surface area contributed by atoms with Gasteiger partial charge < -0.3 is 15.1 Å². The number of β-amino-alcohol motifs (C(OH)–C–C–N with tert-alkyl or cyclic N) is 1. The number of nitrogens with zero attached hydrogens (tertiary/aromatic N) is 1. The summed E-state index contributed by atoms with van der Waals surface area (Å²) in [6.45, 7) is 7.11. The van der Waals surface area contributed by atoms with Crippen molar-refractivity contribution in [2.24, 2.45) is 0 Å². The third-order valence-corrected chi connectivity index (χ3v) is 1.49. The van der Waals surface area contributed by atoms with Crippen LogP contribution in [0.2, 0.25) is 0 Å². The first-order valence-electron chi connectivity index (χ1n) is 3.93. The standard InChI is InChI=1S/C8H17NO3/c1-6(10)5-9(7(11)12)8(2,3)4/h6,10H,5H2,1-4H3,(H,11,12)/t6-/m1/s1. The molecular formula is C8H17NO3. The summed E-state index contributed by atoms with van der Waals surface area (Å²) >= 11 is 0. The average molecular weight is 175 g/mol. The number of rotatable bonds is 2. The van der Waals surface area contributed by atoms with Crippen molar-refractivity contribution < 1.29 is 15.0 Å². The zero-order valence-electron chi connectivity index (χ0n) is 8.03. The Labute approximate surface area is 72.8 Å². The van der Waals surface area contributed by atoms with Gasteiger partial charge in [-0.15, -0.1) is 0 Å². The maximum Gasteiger partial charge on any atom is 0.407 e. The van der Waals surface area contributed by atoms with Crippen molar-refractivity contribution in [1.82, 2.24) is 4.90 Å². The van der Waals surface area contributed by atoms with Gasteiger partial charge in [0.1, 0.15) is 0 Å². The molecule has 0 aromatic heterocycles. The lowest BCUT2D eigenvalue weighted by Crippen LogP contribution is -2.48. The molecule has 0 saturated heterocycles. The van der Waals surface area contributed by atoms with Crippen LogP contribution in [0.3, 0.4) is 0 Å². The molecule has 12 heavy (non-hydrogen) atoms. The molecule has 0 unspecified atom stereocenters. The highest BCUT2D eigenvalue weighted by molar-refractivity contribution is 5.66. The zero-order valence-corrected chi connectivity index (χ0v) is 8.03. The second-order valence-corrected chi connectivity index (χ2v) is 3.91. The Balaban J connectivity index is 4.35. The molecule has 0 heterocycles. The lowest BCUT2D eigenvalue weighted by Gasteiger charge is -2.33. The summed E-state index contributed by atoms with van der Waals surface area (Å²) in [5.41, 5.74) is -0.456. The second-order valence-electron chi connectivity index (χ2n) is 3.91. The molecule has 0 bridgehead atoms. The van der Waals surface area contributed by atoms with Gasteiger partial charge in [-0.2, -0.15) is 0 Å². The van der Waals surface area contributed by atoms with Crippen LogP contribution in [0.15, 0.2) is 0 Å². The summed E-state index contributed by atoms with van der Waals surface area (Å²) in [7, 11) is 0. The van der Waals surface area contributed by atoms with E-state index in [1.54, 1.807) is 27.7 Å². The third-order valence-electron chi connectivity index (χ3n) is 1.49. The Morgan fingerprint density at radius 1 is 1.50 bits per heavy atom. The van der Waals surface area contributed by atoms with Gasteiger partial charge in [0.2, 0.25) is 0 Å². The van der Waals surface area contributed by atoms with E-state index in [1.807, 2.05) is 0 Å². The molecule has 0 fully saturated rings. The van der Waals surface area contributed by atoms with Crippen LogP contribution in [0, 0.1) is 0 Å². The van der Waals surface area contributed by atoms with E-state index in [-0.39, 0.29) is 6.54 Å². The predicted molar refractivity (Wildman–Crippen MR) is 46.2 cm³/mol. The quantitative estimate of drug-likeness (QED) is 0.661. The molecule has 1 amide bonds. The molecule has 4 heteroatoms. The maximum absolute atomic E-state index is 10.7. The molecule has 2 N–H and O–H groups in total. The van der Waals surface area contributed by atoms with Gasteiger partial charge in [-0.25, -0.2) is 4.79 Å². The normalized spacial score (nSPS) is 14.1. The van der Waals surface area contributed by atoms with E-state index in [2.05, 4.69) is 0 Å². The van der Waals surface area contributed by atoms with E-state index >= 15 is 0 Å². The molecule has 4 nitrogen and oxygen atoms in total. The summed E-state index contributed by atoms with van der Waals surface area (Å²) in [6, 6.07) is 0. The van der Waals surface area contributed by atoms with E-state index in [9.17, 15) is 4.79 Å². The Morgan fingerprint density at radius 3 is 2.00 bits per heavy atom. The lowest BCUT2D eigenvalue weighted by atomic mass is 10.1. The zero-order chi connectivity index (χ0) is 9.94. The van der Waals surface area contributed by atoms with E-state index in [4.69, 9.17) is 10.2 Å². The first-order chi connectivity index (χ1) is 5.25. The van der Waals surface area contributed by atoms with Gasteiger partial charge in [0, 0.05) is 5.54 Å². The number of aliphatic hydroxyl groups is 1. The second kappa shape index (κ2) is 3.76. The van der Waals surface area contributed by atoms with Crippen molar-refractivity contribution in [3.63, 3.8) is 0 Å². The van der Waals surface area contributed by atoms with Crippen LogP contribution in [0.5, 0.6) is 0 Å². The predicted octanol–water partition coefficient (Wildman–Crippen LogP) is 1.15. The van der Waals surface area contributed by atoms with Gasteiger partial charge in [-0.1, -0.05) is 0 Å². The first-order valence-corrected chi connectivity index (χ1v) is 3.93. The molecule has 0 radical (unpaired) electrons. The van der Waals surface area contributed by atoms with Gasteiger partial charge in [0.25, 0.3) is 0 Å². The molecule has 0 saturated carbocycles. The minimum Gasteiger partial charge on any atom is -0.465 e. The largest absolute Gasteiger partial charge is 0.465 e. The highest BCUT2D eigenvalue weighted by atomic mass is 16.4. The molecule has 1 atom stereocenters. The Bertz CT molecular complexity index is 160. The Morgan fingerprint density at radius 2 is 1.92 bits per heavy atom. The fourth-order valence-corrected chi connectivity index (χ4v) is 0.903. The summed E-state index contributed by atoms with van der Waals surface area (Å²) in [6.07, 6.45) is -1.62. The van der Waals surface area contributed by atoms with E-state index in [0.29, 0.717) is 0 Å². The van der Waals surface area contributed by atoms with Crippen molar-refractivity contribution in [1.29, 1.82) is 0 Å². The summed E-state index contributed by atoms with van der Waals surface area (Å²) in [5, 5.41) is 17.8. The van der Waals surface area contributed by atoms with Crippen molar-refractivity contribution in [2.45, 2.75) is 39.3 Å².